The predicted octanol–water partition coefficient (Wildman–Crippen LogP) is -0.0153. The summed E-state index contributed by atoms with van der Waals surface area (Å²) in [6, 6.07) is 0. The second kappa shape index (κ2) is 6.37. The van der Waals surface area contributed by atoms with E-state index in [1.54, 1.807) is 0 Å². The molecule has 0 aliphatic carbocycles. The zero-order chi connectivity index (χ0) is 9.56. The molecule has 0 aromatic carbocycles. The summed E-state index contributed by atoms with van der Waals surface area (Å²) in [5, 5.41) is 17.5. The lowest BCUT2D eigenvalue weighted by Crippen LogP contribution is -2.30. The maximum absolute atomic E-state index is 8.78. The Labute approximate surface area is 73.1 Å². The maximum Gasteiger partial charge on any atom is 0.180 e. The number of hydrogen-bond acceptors (Lipinski definition) is 4. The summed E-state index contributed by atoms with van der Waals surface area (Å²) in [6.07, 6.45) is -0.707. The molecule has 0 radical (unpaired) electrons. The van der Waals surface area contributed by atoms with Crippen molar-refractivity contribution in [2.24, 2.45) is 5.92 Å². The summed E-state index contributed by atoms with van der Waals surface area (Å²) in [6.45, 7) is 3.61. The third-order valence-electron chi connectivity index (χ3n) is 1.87. The van der Waals surface area contributed by atoms with E-state index in [0.717, 1.165) is 0 Å². The molecule has 74 valence electrons. The molecule has 0 aromatic rings. The molecule has 0 saturated carbocycles. The van der Waals surface area contributed by atoms with Crippen molar-refractivity contribution in [3.63, 3.8) is 0 Å². The summed E-state index contributed by atoms with van der Waals surface area (Å²) in [4.78, 5) is 0. The topological polar surface area (TPSA) is 58.9 Å². The van der Waals surface area contributed by atoms with Crippen LogP contribution in [-0.4, -0.2) is 42.9 Å². The molecule has 0 saturated heterocycles. The molecular weight excluding hydrogens is 160 g/mol. The van der Waals surface area contributed by atoms with Gasteiger partial charge in [-0.15, -0.1) is 0 Å². The predicted molar refractivity (Wildman–Crippen MR) is 44.7 cm³/mol. The number of aliphatic hydroxyl groups excluding tert-OH is 2. The Hall–Kier alpha value is -0.160. The summed E-state index contributed by atoms with van der Waals surface area (Å²) in [5.41, 5.74) is 0. The number of aliphatic hydroxyl groups is 2. The molecular formula is C8H18O4. The first-order chi connectivity index (χ1) is 5.65. The van der Waals surface area contributed by atoms with Crippen LogP contribution in [0, 0.1) is 5.92 Å². The van der Waals surface area contributed by atoms with Gasteiger partial charge in [0.05, 0.1) is 12.7 Å². The minimum atomic E-state index is -0.589. The Morgan fingerprint density at radius 3 is 2.08 bits per heavy atom. The molecule has 0 heterocycles. The van der Waals surface area contributed by atoms with Gasteiger partial charge >= 0.3 is 0 Å². The molecule has 2 unspecified atom stereocenters. The smallest absolute Gasteiger partial charge is 0.180 e. The second-order valence-electron chi connectivity index (χ2n) is 2.85. The van der Waals surface area contributed by atoms with Crippen molar-refractivity contribution in [3.8, 4) is 0 Å². The maximum atomic E-state index is 8.78. The molecule has 0 fully saturated rings. The molecule has 0 aliphatic heterocycles. The van der Waals surface area contributed by atoms with Gasteiger partial charge in [-0.2, -0.15) is 0 Å². The zero-order valence-corrected chi connectivity index (χ0v) is 7.86. The Balaban J connectivity index is 3.72. The van der Waals surface area contributed by atoms with E-state index in [1.165, 1.54) is 7.11 Å². The van der Waals surface area contributed by atoms with Crippen molar-refractivity contribution < 1.29 is 19.7 Å². The van der Waals surface area contributed by atoms with Crippen molar-refractivity contribution >= 4 is 0 Å². The fourth-order valence-corrected chi connectivity index (χ4v) is 0.695. The molecule has 12 heavy (non-hydrogen) atoms. The van der Waals surface area contributed by atoms with E-state index in [-0.39, 0.29) is 25.2 Å². The van der Waals surface area contributed by atoms with Crippen LogP contribution < -0.4 is 0 Å². The lowest BCUT2D eigenvalue weighted by Gasteiger charge is -2.23. The highest BCUT2D eigenvalue weighted by molar-refractivity contribution is 4.60. The third kappa shape index (κ3) is 4.01. The quantitative estimate of drug-likeness (QED) is 0.561. The molecule has 0 aromatic heterocycles. The van der Waals surface area contributed by atoms with Gasteiger partial charge in [-0.1, -0.05) is 6.92 Å². The van der Waals surface area contributed by atoms with Gasteiger partial charge in [-0.05, 0) is 6.92 Å². The fourth-order valence-electron chi connectivity index (χ4n) is 0.695. The SMILES string of the molecule is COC(CO)OC(C)[C@H](C)CO. The monoisotopic (exact) mass is 178 g/mol. The van der Waals surface area contributed by atoms with Crippen molar-refractivity contribution in [1.82, 2.24) is 0 Å². The lowest BCUT2D eigenvalue weighted by molar-refractivity contribution is -0.181. The molecule has 0 spiro atoms. The average Bonchev–Trinajstić information content (AvgIpc) is 2.12. The van der Waals surface area contributed by atoms with Crippen LogP contribution in [0.15, 0.2) is 0 Å². The van der Waals surface area contributed by atoms with Crippen LogP contribution in [0.3, 0.4) is 0 Å². The van der Waals surface area contributed by atoms with Crippen LogP contribution in [-0.2, 0) is 9.47 Å². The van der Waals surface area contributed by atoms with Crippen LogP contribution in [0.1, 0.15) is 13.8 Å². The van der Waals surface area contributed by atoms with E-state index in [2.05, 4.69) is 0 Å². The minimum Gasteiger partial charge on any atom is -0.396 e. The highest BCUT2D eigenvalue weighted by Gasteiger charge is 2.16. The van der Waals surface area contributed by atoms with Gasteiger partial charge in [0.25, 0.3) is 0 Å². The summed E-state index contributed by atoms with van der Waals surface area (Å²) >= 11 is 0. The van der Waals surface area contributed by atoms with Crippen molar-refractivity contribution in [2.45, 2.75) is 26.2 Å². The van der Waals surface area contributed by atoms with Crippen molar-refractivity contribution in [1.29, 1.82) is 0 Å². The average molecular weight is 178 g/mol. The lowest BCUT2D eigenvalue weighted by atomic mass is 10.1. The normalized spacial score (nSPS) is 18.8. The Morgan fingerprint density at radius 2 is 1.75 bits per heavy atom. The number of hydrogen-bond donors (Lipinski definition) is 2. The summed E-state index contributed by atoms with van der Waals surface area (Å²) in [7, 11) is 1.47. The van der Waals surface area contributed by atoms with Crippen LogP contribution in [0.25, 0.3) is 0 Å². The van der Waals surface area contributed by atoms with Gasteiger partial charge in [-0.3, -0.25) is 0 Å². The first kappa shape index (κ1) is 11.8. The van der Waals surface area contributed by atoms with E-state index in [9.17, 15) is 0 Å². The molecule has 2 N–H and O–H groups in total. The number of rotatable bonds is 6. The van der Waals surface area contributed by atoms with Crippen molar-refractivity contribution in [2.75, 3.05) is 20.3 Å². The molecule has 4 nitrogen and oxygen atoms in total. The first-order valence-electron chi connectivity index (χ1n) is 4.05. The number of ether oxygens (including phenoxy) is 2. The van der Waals surface area contributed by atoms with E-state index in [0.29, 0.717) is 0 Å². The summed E-state index contributed by atoms with van der Waals surface area (Å²) in [5.74, 6) is 0.0502. The number of methoxy groups -OCH3 is 1. The van der Waals surface area contributed by atoms with Crippen LogP contribution in [0.5, 0.6) is 0 Å². The molecule has 0 bridgehead atoms. The zero-order valence-electron chi connectivity index (χ0n) is 7.86. The van der Waals surface area contributed by atoms with Crippen LogP contribution >= 0.6 is 0 Å². The molecule has 3 atom stereocenters. The minimum absolute atomic E-state index is 0.0502. The van der Waals surface area contributed by atoms with Gasteiger partial charge < -0.3 is 19.7 Å². The van der Waals surface area contributed by atoms with E-state index < -0.39 is 6.29 Å². The van der Waals surface area contributed by atoms with Crippen LogP contribution in [0.4, 0.5) is 0 Å². The van der Waals surface area contributed by atoms with E-state index in [4.69, 9.17) is 19.7 Å². The second-order valence-corrected chi connectivity index (χ2v) is 2.85. The highest BCUT2D eigenvalue weighted by Crippen LogP contribution is 2.08. The van der Waals surface area contributed by atoms with Gasteiger partial charge in [-0.25, -0.2) is 0 Å². The van der Waals surface area contributed by atoms with Gasteiger partial charge in [0.1, 0.15) is 0 Å². The Kier molecular flexibility index (Phi) is 6.28. The Bertz CT molecular complexity index is 103. The van der Waals surface area contributed by atoms with E-state index in [1.807, 2.05) is 13.8 Å². The molecule has 0 rings (SSSR count). The largest absolute Gasteiger partial charge is 0.396 e. The fraction of sp³-hybridized carbons (Fsp3) is 1.00. The standard InChI is InChI=1S/C8H18O4/c1-6(4-9)7(2)12-8(5-10)11-3/h6-10H,4-5H2,1-3H3/t6-,7?,8?/m1/s1. The molecule has 0 aliphatic rings. The van der Waals surface area contributed by atoms with Crippen molar-refractivity contribution in [3.05, 3.63) is 0 Å². The van der Waals surface area contributed by atoms with Gasteiger partial charge in [0.2, 0.25) is 0 Å². The van der Waals surface area contributed by atoms with Gasteiger partial charge in [0.15, 0.2) is 6.29 Å². The third-order valence-corrected chi connectivity index (χ3v) is 1.87. The Morgan fingerprint density at radius 1 is 1.17 bits per heavy atom. The molecule has 4 heteroatoms. The van der Waals surface area contributed by atoms with E-state index >= 15 is 0 Å². The first-order valence-corrected chi connectivity index (χ1v) is 4.05. The summed E-state index contributed by atoms with van der Waals surface area (Å²) < 4.78 is 10.1. The molecule has 0 amide bonds. The van der Waals surface area contributed by atoms with Crippen LogP contribution in [0.2, 0.25) is 0 Å². The highest BCUT2D eigenvalue weighted by atomic mass is 16.7. The van der Waals surface area contributed by atoms with Gasteiger partial charge in [0, 0.05) is 19.6 Å².